The molecule has 0 aliphatic rings. The lowest BCUT2D eigenvalue weighted by Crippen LogP contribution is -2.45. The summed E-state index contributed by atoms with van der Waals surface area (Å²) >= 11 is 0. The Morgan fingerprint density at radius 3 is 2.18 bits per heavy atom. The van der Waals surface area contributed by atoms with Gasteiger partial charge in [0, 0.05) is 5.69 Å². The Bertz CT molecular complexity index is 497. The molecule has 0 aliphatic carbocycles. The summed E-state index contributed by atoms with van der Waals surface area (Å²) < 4.78 is 0. The Hall–Kier alpha value is -1.88. The lowest BCUT2D eigenvalue weighted by Gasteiger charge is -2.19. The molecule has 0 saturated carbocycles. The lowest BCUT2D eigenvalue weighted by atomic mass is 9.99. The van der Waals surface area contributed by atoms with Crippen molar-refractivity contribution in [3.63, 3.8) is 0 Å². The number of aliphatic carboxylic acids is 1. The van der Waals surface area contributed by atoms with Crippen molar-refractivity contribution in [2.24, 2.45) is 5.92 Å². The smallest absolute Gasteiger partial charge is 0.320 e. The van der Waals surface area contributed by atoms with E-state index < -0.39 is 12.0 Å². The van der Waals surface area contributed by atoms with Crippen LogP contribution in [0.2, 0.25) is 0 Å². The Labute approximate surface area is 132 Å². The van der Waals surface area contributed by atoms with E-state index in [4.69, 9.17) is 5.11 Å². The van der Waals surface area contributed by atoms with E-state index >= 15 is 0 Å². The van der Waals surface area contributed by atoms with Crippen molar-refractivity contribution in [2.75, 3.05) is 11.9 Å². The van der Waals surface area contributed by atoms with Crippen molar-refractivity contribution in [2.45, 2.75) is 46.1 Å². The molecule has 122 valence electrons. The maximum absolute atomic E-state index is 11.9. The minimum absolute atomic E-state index is 0.0206. The van der Waals surface area contributed by atoms with E-state index in [9.17, 15) is 9.59 Å². The van der Waals surface area contributed by atoms with Gasteiger partial charge in [-0.2, -0.15) is 0 Å². The molecule has 1 rings (SSSR count). The van der Waals surface area contributed by atoms with Crippen LogP contribution in [-0.4, -0.2) is 29.6 Å². The molecule has 0 heterocycles. The second kappa shape index (κ2) is 8.54. The van der Waals surface area contributed by atoms with E-state index in [-0.39, 0.29) is 18.4 Å². The molecule has 0 fully saturated rings. The van der Waals surface area contributed by atoms with E-state index in [1.807, 2.05) is 38.1 Å². The van der Waals surface area contributed by atoms with Gasteiger partial charge in [0.05, 0.1) is 6.54 Å². The SMILES string of the molecule is CC[C@H](C)[C@H](NCC(=O)Nc1ccc(C(C)C)cc1)C(=O)O. The Kier molecular flexibility index (Phi) is 7.05. The van der Waals surface area contributed by atoms with Gasteiger partial charge in [-0.3, -0.25) is 14.9 Å². The van der Waals surface area contributed by atoms with Gasteiger partial charge in [-0.05, 0) is 29.5 Å². The minimum atomic E-state index is -0.927. The summed E-state index contributed by atoms with van der Waals surface area (Å²) in [6.07, 6.45) is 0.738. The number of anilines is 1. The summed E-state index contributed by atoms with van der Waals surface area (Å²) in [5, 5.41) is 14.7. The number of hydrogen-bond donors (Lipinski definition) is 3. The third kappa shape index (κ3) is 5.48. The zero-order valence-electron chi connectivity index (χ0n) is 13.7. The number of nitrogens with one attached hydrogen (secondary N) is 2. The zero-order valence-corrected chi connectivity index (χ0v) is 13.7. The molecular weight excluding hydrogens is 280 g/mol. The van der Waals surface area contributed by atoms with Crippen molar-refractivity contribution in [1.82, 2.24) is 5.32 Å². The normalized spacial score (nSPS) is 13.7. The van der Waals surface area contributed by atoms with Gasteiger partial charge in [0.25, 0.3) is 0 Å². The molecule has 0 aromatic heterocycles. The number of carboxylic acids is 1. The standard InChI is InChI=1S/C17H26N2O3/c1-5-12(4)16(17(21)22)18-10-15(20)19-14-8-6-13(7-9-14)11(2)3/h6-9,11-12,16,18H,5,10H2,1-4H3,(H,19,20)(H,21,22)/t12-,16-/m0/s1. The Balaban J connectivity index is 2.53. The summed E-state index contributed by atoms with van der Waals surface area (Å²) in [7, 11) is 0. The lowest BCUT2D eigenvalue weighted by molar-refractivity contribution is -0.140. The molecule has 0 saturated heterocycles. The van der Waals surface area contributed by atoms with E-state index in [0.717, 1.165) is 6.42 Å². The molecule has 5 heteroatoms. The third-order valence-corrected chi connectivity index (χ3v) is 3.82. The third-order valence-electron chi connectivity index (χ3n) is 3.82. The fourth-order valence-corrected chi connectivity index (χ4v) is 2.13. The molecule has 3 N–H and O–H groups in total. The van der Waals surface area contributed by atoms with Crippen LogP contribution in [0.15, 0.2) is 24.3 Å². The highest BCUT2D eigenvalue weighted by Crippen LogP contribution is 2.17. The average molecular weight is 306 g/mol. The van der Waals surface area contributed by atoms with Crippen LogP contribution in [0.3, 0.4) is 0 Å². The fourth-order valence-electron chi connectivity index (χ4n) is 2.13. The number of rotatable bonds is 8. The van der Waals surface area contributed by atoms with Gasteiger partial charge in [0.1, 0.15) is 6.04 Å². The number of carbonyl (C=O) groups is 2. The predicted molar refractivity (Wildman–Crippen MR) is 88.0 cm³/mol. The molecule has 1 aromatic rings. The van der Waals surface area contributed by atoms with Crippen LogP contribution in [0.4, 0.5) is 5.69 Å². The van der Waals surface area contributed by atoms with Crippen LogP contribution in [-0.2, 0) is 9.59 Å². The van der Waals surface area contributed by atoms with Gasteiger partial charge in [0.2, 0.25) is 5.91 Å². The van der Waals surface area contributed by atoms with Crippen molar-refractivity contribution in [3.05, 3.63) is 29.8 Å². The minimum Gasteiger partial charge on any atom is -0.480 e. The van der Waals surface area contributed by atoms with Crippen LogP contribution < -0.4 is 10.6 Å². The number of carbonyl (C=O) groups excluding carboxylic acids is 1. The van der Waals surface area contributed by atoms with Gasteiger partial charge in [0.15, 0.2) is 0 Å². The molecule has 5 nitrogen and oxygen atoms in total. The number of hydrogen-bond acceptors (Lipinski definition) is 3. The summed E-state index contributed by atoms with van der Waals surface area (Å²) in [5.74, 6) is -0.760. The largest absolute Gasteiger partial charge is 0.480 e. The van der Waals surface area contributed by atoms with Gasteiger partial charge < -0.3 is 10.4 Å². The van der Waals surface area contributed by atoms with Crippen LogP contribution in [0.5, 0.6) is 0 Å². The van der Waals surface area contributed by atoms with Crippen molar-refractivity contribution in [1.29, 1.82) is 0 Å². The number of carboxylic acid groups (broad SMARTS) is 1. The number of benzene rings is 1. The van der Waals surface area contributed by atoms with Gasteiger partial charge >= 0.3 is 5.97 Å². The molecule has 0 radical (unpaired) electrons. The second-order valence-corrected chi connectivity index (χ2v) is 5.91. The molecular formula is C17H26N2O3. The summed E-state index contributed by atoms with van der Waals surface area (Å²) in [5.41, 5.74) is 1.92. The molecule has 0 aliphatic heterocycles. The predicted octanol–water partition coefficient (Wildman–Crippen LogP) is 2.84. The second-order valence-electron chi connectivity index (χ2n) is 5.91. The molecule has 22 heavy (non-hydrogen) atoms. The monoisotopic (exact) mass is 306 g/mol. The van der Waals surface area contributed by atoms with E-state index in [2.05, 4.69) is 24.5 Å². The summed E-state index contributed by atoms with van der Waals surface area (Å²) in [4.78, 5) is 23.1. The maximum atomic E-state index is 11.9. The maximum Gasteiger partial charge on any atom is 0.320 e. The first-order chi connectivity index (χ1) is 10.3. The Morgan fingerprint density at radius 2 is 1.73 bits per heavy atom. The first-order valence-corrected chi connectivity index (χ1v) is 7.71. The first kappa shape index (κ1) is 18.2. The highest BCUT2D eigenvalue weighted by Gasteiger charge is 2.23. The van der Waals surface area contributed by atoms with Crippen LogP contribution in [0, 0.1) is 5.92 Å². The van der Waals surface area contributed by atoms with E-state index in [1.54, 1.807) is 0 Å². The highest BCUT2D eigenvalue weighted by atomic mass is 16.4. The van der Waals surface area contributed by atoms with Gasteiger partial charge in [-0.15, -0.1) is 0 Å². The topological polar surface area (TPSA) is 78.4 Å². The van der Waals surface area contributed by atoms with Gasteiger partial charge in [-0.1, -0.05) is 46.2 Å². The van der Waals surface area contributed by atoms with E-state index in [0.29, 0.717) is 11.6 Å². The van der Waals surface area contributed by atoms with Crippen molar-refractivity contribution < 1.29 is 14.7 Å². The number of amides is 1. The Morgan fingerprint density at radius 1 is 1.14 bits per heavy atom. The van der Waals surface area contributed by atoms with Crippen molar-refractivity contribution in [3.8, 4) is 0 Å². The van der Waals surface area contributed by atoms with Crippen LogP contribution in [0.25, 0.3) is 0 Å². The first-order valence-electron chi connectivity index (χ1n) is 7.71. The zero-order chi connectivity index (χ0) is 16.7. The van der Waals surface area contributed by atoms with Crippen molar-refractivity contribution >= 4 is 17.6 Å². The average Bonchev–Trinajstić information content (AvgIpc) is 2.47. The fraction of sp³-hybridized carbons (Fsp3) is 0.529. The van der Waals surface area contributed by atoms with Gasteiger partial charge in [-0.25, -0.2) is 0 Å². The molecule has 0 spiro atoms. The quantitative estimate of drug-likeness (QED) is 0.690. The molecule has 0 unspecified atom stereocenters. The molecule has 1 aromatic carbocycles. The highest BCUT2D eigenvalue weighted by molar-refractivity contribution is 5.92. The molecule has 1 amide bonds. The summed E-state index contributed by atoms with van der Waals surface area (Å²) in [6.45, 7) is 7.98. The van der Waals surface area contributed by atoms with Crippen LogP contribution in [0.1, 0.15) is 45.6 Å². The molecule has 2 atom stereocenters. The summed E-state index contributed by atoms with van der Waals surface area (Å²) in [6, 6.07) is 6.96. The van der Waals surface area contributed by atoms with E-state index in [1.165, 1.54) is 5.56 Å². The molecule has 0 bridgehead atoms. The van der Waals surface area contributed by atoms with Crippen LogP contribution >= 0.6 is 0 Å².